The standard InChI is InChI=1S/C25H27N5O3/c1-31-18-6-7-21(17(12-18)15-26)29-8-10-30(11-9-29)25-19-13-22(32-2)23(33-3)14-20(19)27-24(28-25)16-4-5-16/h6-7,12-14,16H,4-5,8-11H2,1-3H3. The summed E-state index contributed by atoms with van der Waals surface area (Å²) in [6.45, 7) is 3.17. The highest BCUT2D eigenvalue weighted by Crippen LogP contribution is 2.42. The van der Waals surface area contributed by atoms with Crippen molar-refractivity contribution in [2.24, 2.45) is 0 Å². The number of fused-ring (bicyclic) bond motifs is 1. The van der Waals surface area contributed by atoms with Crippen LogP contribution in [0.15, 0.2) is 30.3 Å². The lowest BCUT2D eigenvalue weighted by atomic mass is 10.1. The van der Waals surface area contributed by atoms with E-state index in [-0.39, 0.29) is 0 Å². The molecule has 0 radical (unpaired) electrons. The lowest BCUT2D eigenvalue weighted by molar-refractivity contribution is 0.355. The number of nitrogens with zero attached hydrogens (tertiary/aromatic N) is 5. The van der Waals surface area contributed by atoms with Gasteiger partial charge in [0, 0.05) is 43.5 Å². The van der Waals surface area contributed by atoms with Crippen molar-refractivity contribution in [2.75, 3.05) is 57.3 Å². The molecule has 2 aliphatic rings. The lowest BCUT2D eigenvalue weighted by Gasteiger charge is -2.37. The fourth-order valence-electron chi connectivity index (χ4n) is 4.39. The van der Waals surface area contributed by atoms with Crippen LogP contribution in [0.25, 0.3) is 10.9 Å². The zero-order valence-corrected chi connectivity index (χ0v) is 19.2. The van der Waals surface area contributed by atoms with Crippen LogP contribution in [0.4, 0.5) is 11.5 Å². The van der Waals surface area contributed by atoms with E-state index in [2.05, 4.69) is 15.9 Å². The van der Waals surface area contributed by atoms with Crippen molar-refractivity contribution in [3.8, 4) is 23.3 Å². The number of aromatic nitrogens is 2. The van der Waals surface area contributed by atoms with Crippen LogP contribution >= 0.6 is 0 Å². The summed E-state index contributed by atoms with van der Waals surface area (Å²) >= 11 is 0. The molecule has 0 bridgehead atoms. The highest BCUT2D eigenvalue weighted by atomic mass is 16.5. The zero-order valence-electron chi connectivity index (χ0n) is 19.2. The minimum atomic E-state index is 0.444. The van der Waals surface area contributed by atoms with Gasteiger partial charge in [-0.05, 0) is 37.1 Å². The van der Waals surface area contributed by atoms with Crippen LogP contribution in [0, 0.1) is 11.3 Å². The van der Waals surface area contributed by atoms with Gasteiger partial charge in [-0.2, -0.15) is 5.26 Å². The maximum Gasteiger partial charge on any atom is 0.162 e. The van der Waals surface area contributed by atoms with Gasteiger partial charge in [-0.1, -0.05) is 0 Å². The molecular weight excluding hydrogens is 418 g/mol. The first-order valence-corrected chi connectivity index (χ1v) is 11.2. The molecule has 0 N–H and O–H groups in total. The third-order valence-corrected chi connectivity index (χ3v) is 6.38. The van der Waals surface area contributed by atoms with E-state index in [9.17, 15) is 5.26 Å². The quantitative estimate of drug-likeness (QED) is 0.568. The van der Waals surface area contributed by atoms with E-state index >= 15 is 0 Å². The third-order valence-electron chi connectivity index (χ3n) is 6.38. The molecule has 170 valence electrons. The lowest BCUT2D eigenvalue weighted by Crippen LogP contribution is -2.47. The Hall–Kier alpha value is -3.73. The number of methoxy groups -OCH3 is 3. The normalized spacial score (nSPS) is 15.9. The molecule has 1 saturated heterocycles. The summed E-state index contributed by atoms with van der Waals surface area (Å²) in [5, 5.41) is 10.6. The van der Waals surface area contributed by atoms with Crippen LogP contribution < -0.4 is 24.0 Å². The van der Waals surface area contributed by atoms with Crippen LogP contribution in [0.3, 0.4) is 0 Å². The monoisotopic (exact) mass is 445 g/mol. The Kier molecular flexibility index (Phi) is 5.55. The van der Waals surface area contributed by atoms with Gasteiger partial charge in [-0.15, -0.1) is 0 Å². The van der Waals surface area contributed by atoms with Crippen molar-refractivity contribution in [2.45, 2.75) is 18.8 Å². The zero-order chi connectivity index (χ0) is 22.9. The fourth-order valence-corrected chi connectivity index (χ4v) is 4.39. The van der Waals surface area contributed by atoms with E-state index in [1.165, 1.54) is 0 Å². The van der Waals surface area contributed by atoms with Crippen LogP contribution in [0.5, 0.6) is 17.2 Å². The molecule has 0 unspecified atom stereocenters. The van der Waals surface area contributed by atoms with Gasteiger partial charge in [-0.3, -0.25) is 0 Å². The van der Waals surface area contributed by atoms with Gasteiger partial charge in [0.15, 0.2) is 11.5 Å². The summed E-state index contributed by atoms with van der Waals surface area (Å²) in [7, 11) is 4.89. The molecule has 8 nitrogen and oxygen atoms in total. The van der Waals surface area contributed by atoms with E-state index in [0.29, 0.717) is 28.7 Å². The smallest absolute Gasteiger partial charge is 0.162 e. The maximum absolute atomic E-state index is 9.62. The van der Waals surface area contributed by atoms with E-state index in [0.717, 1.165) is 67.3 Å². The first kappa shape index (κ1) is 21.1. The third kappa shape index (κ3) is 3.95. The summed E-state index contributed by atoms with van der Waals surface area (Å²) in [6, 6.07) is 11.9. The predicted molar refractivity (Wildman–Crippen MR) is 127 cm³/mol. The summed E-state index contributed by atoms with van der Waals surface area (Å²) in [5.74, 6) is 4.33. The number of ether oxygens (including phenoxy) is 3. The number of rotatable bonds is 6. The number of anilines is 2. The molecular formula is C25H27N5O3. The molecule has 8 heteroatoms. The Morgan fingerprint density at radius 3 is 2.21 bits per heavy atom. The van der Waals surface area contributed by atoms with Gasteiger partial charge in [0.05, 0.1) is 38.1 Å². The number of piperazine rings is 1. The number of hydrogen-bond acceptors (Lipinski definition) is 8. The molecule has 2 heterocycles. The second-order valence-corrected chi connectivity index (χ2v) is 8.37. The maximum atomic E-state index is 9.62. The molecule has 0 atom stereocenters. The second kappa shape index (κ2) is 8.66. The summed E-state index contributed by atoms with van der Waals surface area (Å²) in [4.78, 5) is 14.4. The minimum Gasteiger partial charge on any atom is -0.497 e. The number of hydrogen-bond donors (Lipinski definition) is 0. The van der Waals surface area contributed by atoms with Gasteiger partial charge in [0.1, 0.15) is 23.5 Å². The van der Waals surface area contributed by atoms with Gasteiger partial charge < -0.3 is 24.0 Å². The summed E-state index contributed by atoms with van der Waals surface area (Å²) in [6.07, 6.45) is 2.28. The highest BCUT2D eigenvalue weighted by Gasteiger charge is 2.30. The van der Waals surface area contributed by atoms with Crippen LogP contribution in [-0.4, -0.2) is 57.5 Å². The van der Waals surface area contributed by atoms with E-state index in [1.807, 2.05) is 24.3 Å². The Bertz CT molecular complexity index is 1230. The Morgan fingerprint density at radius 2 is 1.58 bits per heavy atom. The summed E-state index contributed by atoms with van der Waals surface area (Å²) < 4.78 is 16.3. The number of benzene rings is 2. The molecule has 1 aromatic heterocycles. The van der Waals surface area contributed by atoms with Gasteiger partial charge >= 0.3 is 0 Å². The van der Waals surface area contributed by atoms with E-state index in [4.69, 9.17) is 24.2 Å². The molecule has 33 heavy (non-hydrogen) atoms. The van der Waals surface area contributed by atoms with Gasteiger partial charge in [-0.25, -0.2) is 9.97 Å². The SMILES string of the molecule is COc1ccc(N2CCN(c3nc(C4CC4)nc4cc(OC)c(OC)cc34)CC2)c(C#N)c1. The van der Waals surface area contributed by atoms with Crippen molar-refractivity contribution in [1.82, 2.24) is 9.97 Å². The summed E-state index contributed by atoms with van der Waals surface area (Å²) in [5.41, 5.74) is 2.45. The molecule has 1 aliphatic carbocycles. The molecule has 0 spiro atoms. The van der Waals surface area contributed by atoms with Crippen molar-refractivity contribution in [3.63, 3.8) is 0 Å². The molecule has 1 aliphatic heterocycles. The van der Waals surface area contributed by atoms with Gasteiger partial charge in [0.25, 0.3) is 0 Å². The highest BCUT2D eigenvalue weighted by molar-refractivity contribution is 5.92. The minimum absolute atomic E-state index is 0.444. The molecule has 2 fully saturated rings. The first-order chi connectivity index (χ1) is 16.1. The largest absolute Gasteiger partial charge is 0.497 e. The van der Waals surface area contributed by atoms with Crippen LogP contribution in [-0.2, 0) is 0 Å². The first-order valence-electron chi connectivity index (χ1n) is 11.2. The Balaban J connectivity index is 1.46. The topological polar surface area (TPSA) is 83.7 Å². The average Bonchev–Trinajstić information content (AvgIpc) is 3.72. The van der Waals surface area contributed by atoms with Crippen LogP contribution in [0.2, 0.25) is 0 Å². The molecule has 1 saturated carbocycles. The van der Waals surface area contributed by atoms with E-state index in [1.54, 1.807) is 27.4 Å². The number of nitriles is 1. The predicted octanol–water partition coefficient (Wildman–Crippen LogP) is 3.73. The molecule has 0 amide bonds. The fraction of sp³-hybridized carbons (Fsp3) is 0.400. The van der Waals surface area contributed by atoms with E-state index < -0.39 is 0 Å². The van der Waals surface area contributed by atoms with Crippen molar-refractivity contribution in [3.05, 3.63) is 41.7 Å². The Morgan fingerprint density at radius 1 is 0.879 bits per heavy atom. The van der Waals surface area contributed by atoms with Crippen LogP contribution in [0.1, 0.15) is 30.1 Å². The van der Waals surface area contributed by atoms with Crippen molar-refractivity contribution < 1.29 is 14.2 Å². The van der Waals surface area contributed by atoms with Crippen molar-refractivity contribution in [1.29, 1.82) is 5.26 Å². The Labute approximate surface area is 193 Å². The van der Waals surface area contributed by atoms with Gasteiger partial charge in [0.2, 0.25) is 0 Å². The average molecular weight is 446 g/mol. The second-order valence-electron chi connectivity index (χ2n) is 8.37. The molecule has 5 rings (SSSR count). The molecule has 3 aromatic rings. The molecule has 2 aromatic carbocycles. The van der Waals surface area contributed by atoms with Crippen molar-refractivity contribution >= 4 is 22.4 Å².